The van der Waals surface area contributed by atoms with Crippen LogP contribution in [-0.4, -0.2) is 6.54 Å². The number of anilines is 1. The molecule has 2 nitrogen and oxygen atoms in total. The highest BCUT2D eigenvalue weighted by molar-refractivity contribution is 5.81. The first-order valence-electron chi connectivity index (χ1n) is 9.24. The molecule has 0 aliphatic carbocycles. The van der Waals surface area contributed by atoms with Crippen LogP contribution >= 0.6 is 0 Å². The Morgan fingerprint density at radius 3 is 2.44 bits per heavy atom. The summed E-state index contributed by atoms with van der Waals surface area (Å²) in [6, 6.07) is 17.7. The second-order valence-corrected chi connectivity index (χ2v) is 7.09. The van der Waals surface area contributed by atoms with Gasteiger partial charge in [0.25, 0.3) is 0 Å². The third kappa shape index (κ3) is 3.65. The SMILES string of the molecule is CCN1/C(=C/c2ccc3cc(C)ccc3[n+]2C)C=Cc2cc(C)ccc21.[I-]. The van der Waals surface area contributed by atoms with Gasteiger partial charge >= 0.3 is 0 Å². The van der Waals surface area contributed by atoms with Crippen molar-refractivity contribution in [3.05, 3.63) is 82.7 Å². The van der Waals surface area contributed by atoms with E-state index in [1.54, 1.807) is 0 Å². The third-order valence-electron chi connectivity index (χ3n) is 5.20. The van der Waals surface area contributed by atoms with Gasteiger partial charge < -0.3 is 28.9 Å². The monoisotopic (exact) mass is 468 g/mol. The lowest BCUT2D eigenvalue weighted by Crippen LogP contribution is -3.00. The second-order valence-electron chi connectivity index (χ2n) is 7.09. The minimum absolute atomic E-state index is 0. The van der Waals surface area contributed by atoms with E-state index >= 15 is 0 Å². The molecule has 0 saturated carbocycles. The van der Waals surface area contributed by atoms with Crippen LogP contribution in [0.15, 0.2) is 60.3 Å². The van der Waals surface area contributed by atoms with Crippen molar-refractivity contribution in [2.45, 2.75) is 20.8 Å². The topological polar surface area (TPSA) is 7.12 Å². The molecule has 0 saturated heterocycles. The van der Waals surface area contributed by atoms with Crippen LogP contribution in [0.25, 0.3) is 23.1 Å². The molecule has 2 heterocycles. The van der Waals surface area contributed by atoms with E-state index < -0.39 is 0 Å². The number of aryl methyl sites for hydroxylation is 3. The molecule has 0 radical (unpaired) electrons. The van der Waals surface area contributed by atoms with E-state index in [1.165, 1.54) is 44.7 Å². The fourth-order valence-corrected chi connectivity index (χ4v) is 3.77. The summed E-state index contributed by atoms with van der Waals surface area (Å²) < 4.78 is 2.27. The average Bonchev–Trinajstić information content (AvgIpc) is 2.63. The lowest BCUT2D eigenvalue weighted by Gasteiger charge is -2.29. The molecule has 1 aliphatic rings. The Kier molecular flexibility index (Phi) is 5.70. The number of rotatable bonds is 2. The van der Waals surface area contributed by atoms with Gasteiger partial charge in [-0.1, -0.05) is 29.3 Å². The molecule has 0 bridgehead atoms. The molecule has 0 N–H and O–H groups in total. The van der Waals surface area contributed by atoms with Crippen molar-refractivity contribution in [3.63, 3.8) is 0 Å². The smallest absolute Gasteiger partial charge is 0.212 e. The molecule has 3 aromatic rings. The number of hydrogen-bond donors (Lipinski definition) is 0. The molecule has 27 heavy (non-hydrogen) atoms. The average molecular weight is 468 g/mol. The summed E-state index contributed by atoms with van der Waals surface area (Å²) >= 11 is 0. The fraction of sp³-hybridized carbons (Fsp3) is 0.208. The van der Waals surface area contributed by atoms with Gasteiger partial charge in [-0.25, -0.2) is 0 Å². The van der Waals surface area contributed by atoms with Crippen molar-refractivity contribution in [1.29, 1.82) is 0 Å². The quantitative estimate of drug-likeness (QED) is 0.413. The summed E-state index contributed by atoms with van der Waals surface area (Å²) in [5.41, 5.74) is 8.86. The zero-order valence-corrected chi connectivity index (χ0v) is 18.5. The van der Waals surface area contributed by atoms with Gasteiger partial charge in [0.05, 0.1) is 0 Å². The Morgan fingerprint density at radius 2 is 1.67 bits per heavy atom. The van der Waals surface area contributed by atoms with E-state index in [4.69, 9.17) is 0 Å². The van der Waals surface area contributed by atoms with Crippen LogP contribution < -0.4 is 33.4 Å². The van der Waals surface area contributed by atoms with Gasteiger partial charge in [0.1, 0.15) is 7.05 Å². The van der Waals surface area contributed by atoms with Crippen LogP contribution in [0.5, 0.6) is 0 Å². The number of fused-ring (bicyclic) bond motifs is 2. The molecule has 3 heteroatoms. The highest BCUT2D eigenvalue weighted by atomic mass is 127. The van der Waals surface area contributed by atoms with Gasteiger partial charge in [0, 0.05) is 41.5 Å². The lowest BCUT2D eigenvalue weighted by atomic mass is 10.0. The van der Waals surface area contributed by atoms with Gasteiger partial charge in [0.2, 0.25) is 11.2 Å². The molecule has 2 aromatic carbocycles. The van der Waals surface area contributed by atoms with Gasteiger partial charge in [-0.15, -0.1) is 0 Å². The highest BCUT2D eigenvalue weighted by Gasteiger charge is 2.18. The maximum Gasteiger partial charge on any atom is 0.212 e. The maximum absolute atomic E-state index is 2.38. The Hall–Kier alpha value is -2.14. The largest absolute Gasteiger partial charge is 1.00 e. The van der Waals surface area contributed by atoms with Crippen molar-refractivity contribution in [2.75, 3.05) is 11.4 Å². The molecule has 4 rings (SSSR count). The number of hydrogen-bond acceptors (Lipinski definition) is 1. The molecule has 0 fully saturated rings. The summed E-state index contributed by atoms with van der Waals surface area (Å²) in [5, 5.41) is 1.28. The van der Waals surface area contributed by atoms with Gasteiger partial charge in [-0.2, -0.15) is 4.57 Å². The number of allylic oxidation sites excluding steroid dienone is 1. The van der Waals surface area contributed by atoms with Crippen LogP contribution in [-0.2, 0) is 7.05 Å². The molecule has 1 aromatic heterocycles. The highest BCUT2D eigenvalue weighted by Crippen LogP contribution is 2.32. The van der Waals surface area contributed by atoms with E-state index in [9.17, 15) is 0 Å². The Bertz CT molecular complexity index is 1060. The van der Waals surface area contributed by atoms with Gasteiger partial charge in [-0.3, -0.25) is 0 Å². The lowest BCUT2D eigenvalue weighted by molar-refractivity contribution is -0.646. The van der Waals surface area contributed by atoms with E-state index in [-0.39, 0.29) is 24.0 Å². The molecule has 138 valence electrons. The summed E-state index contributed by atoms with van der Waals surface area (Å²) in [6.45, 7) is 7.44. The molecule has 0 spiro atoms. The van der Waals surface area contributed by atoms with E-state index in [1.807, 2.05) is 0 Å². The van der Waals surface area contributed by atoms with Crippen LogP contribution in [0.3, 0.4) is 0 Å². The van der Waals surface area contributed by atoms with Gasteiger partial charge in [0.15, 0.2) is 0 Å². The van der Waals surface area contributed by atoms with Gasteiger partial charge in [-0.05, 0) is 56.7 Å². The first kappa shape index (κ1) is 19.6. The number of halogens is 1. The molecule has 0 amide bonds. The minimum Gasteiger partial charge on any atom is -1.00 e. The van der Waals surface area contributed by atoms with Crippen molar-refractivity contribution in [3.8, 4) is 0 Å². The molecule has 0 atom stereocenters. The molecular weight excluding hydrogens is 443 g/mol. The summed E-state index contributed by atoms with van der Waals surface area (Å²) in [4.78, 5) is 2.38. The van der Waals surface area contributed by atoms with Crippen LogP contribution in [0.4, 0.5) is 5.69 Å². The number of aromatic nitrogens is 1. The fourth-order valence-electron chi connectivity index (χ4n) is 3.77. The van der Waals surface area contributed by atoms with E-state index in [0.717, 1.165) is 6.54 Å². The Labute approximate surface area is 178 Å². The first-order valence-corrected chi connectivity index (χ1v) is 9.24. The normalized spacial score (nSPS) is 14.4. The standard InChI is InChI=1S/C24H25N2.HI/c1-5-26-22(11-9-20-15-18(3)7-13-24(20)26)16-21-10-8-19-14-17(2)6-12-23(19)25(21)4;/h6-16H,5H2,1-4H3;1H/q+1;/p-1. The Morgan fingerprint density at radius 1 is 0.926 bits per heavy atom. The molecule has 0 unspecified atom stereocenters. The van der Waals surface area contributed by atoms with Crippen LogP contribution in [0.1, 0.15) is 29.3 Å². The second kappa shape index (κ2) is 7.85. The van der Waals surface area contributed by atoms with Crippen LogP contribution in [0.2, 0.25) is 0 Å². The zero-order valence-electron chi connectivity index (χ0n) is 16.3. The van der Waals surface area contributed by atoms with Crippen LogP contribution in [0, 0.1) is 13.8 Å². The number of pyridine rings is 1. The molecule has 1 aliphatic heterocycles. The maximum atomic E-state index is 2.38. The molecular formula is C24H25IN2. The van der Waals surface area contributed by atoms with E-state index in [2.05, 4.69) is 104 Å². The predicted octanol–water partition coefficient (Wildman–Crippen LogP) is 2.18. The van der Waals surface area contributed by atoms with Crippen molar-refractivity contribution >= 4 is 28.7 Å². The minimum atomic E-state index is 0. The number of likely N-dealkylation sites (N-methyl/N-ethyl adjacent to an activating group) is 1. The summed E-state index contributed by atoms with van der Waals surface area (Å²) in [5.74, 6) is 0. The Balaban J connectivity index is 0.00000210. The van der Waals surface area contributed by atoms with Crippen molar-refractivity contribution in [2.24, 2.45) is 7.05 Å². The summed E-state index contributed by atoms with van der Waals surface area (Å²) in [7, 11) is 2.14. The zero-order chi connectivity index (χ0) is 18.3. The van der Waals surface area contributed by atoms with E-state index in [0.29, 0.717) is 0 Å². The predicted molar refractivity (Wildman–Crippen MR) is 111 cm³/mol. The number of nitrogens with zero attached hydrogens (tertiary/aromatic N) is 2. The van der Waals surface area contributed by atoms with Crippen molar-refractivity contribution < 1.29 is 28.5 Å². The number of benzene rings is 2. The van der Waals surface area contributed by atoms with Crippen molar-refractivity contribution in [1.82, 2.24) is 0 Å². The summed E-state index contributed by atoms with van der Waals surface area (Å²) in [6.07, 6.45) is 6.73. The third-order valence-corrected chi connectivity index (χ3v) is 5.20. The first-order chi connectivity index (χ1) is 12.6.